The number of esters is 1. The van der Waals surface area contributed by atoms with Crippen LogP contribution in [0.15, 0.2) is 78.9 Å². The smallest absolute Gasteiger partial charge is 0.308 e. The van der Waals surface area contributed by atoms with Gasteiger partial charge in [0.2, 0.25) is 0 Å². The summed E-state index contributed by atoms with van der Waals surface area (Å²) in [5.74, 6) is -0.520. The number of rotatable bonds is 9. The van der Waals surface area contributed by atoms with E-state index in [0.29, 0.717) is 16.9 Å². The predicted molar refractivity (Wildman–Crippen MR) is 135 cm³/mol. The second-order valence-electron chi connectivity index (χ2n) is 9.28. The van der Waals surface area contributed by atoms with E-state index in [2.05, 4.69) is 26.1 Å². The highest BCUT2D eigenvalue weighted by Gasteiger charge is 2.22. The predicted octanol–water partition coefficient (Wildman–Crippen LogP) is 5.28. The molecule has 1 atom stereocenters. The van der Waals surface area contributed by atoms with E-state index >= 15 is 0 Å². The molecule has 0 fully saturated rings. The highest BCUT2D eigenvalue weighted by atomic mass is 16.5. The van der Waals surface area contributed by atoms with Gasteiger partial charge in [0, 0.05) is 11.1 Å². The summed E-state index contributed by atoms with van der Waals surface area (Å²) in [5, 5.41) is 2.93. The summed E-state index contributed by atoms with van der Waals surface area (Å²) in [5.41, 5.74) is 2.77. The molecule has 0 saturated heterocycles. The number of ether oxygens (including phenoxy) is 2. The number of methoxy groups -OCH3 is 1. The number of benzene rings is 3. The molecule has 0 aliphatic heterocycles. The fraction of sp³-hybridized carbons (Fsp3) is 0.276. The second-order valence-corrected chi connectivity index (χ2v) is 9.28. The molecule has 0 aliphatic carbocycles. The maximum Gasteiger partial charge on any atom is 0.308 e. The van der Waals surface area contributed by atoms with Crippen molar-refractivity contribution in [3.05, 3.63) is 101 Å². The molecule has 0 unspecified atom stereocenters. The molecular formula is C29H31NO5. The molecule has 0 spiro atoms. The van der Waals surface area contributed by atoms with Crippen LogP contribution in [0.1, 0.15) is 65.1 Å². The zero-order valence-corrected chi connectivity index (χ0v) is 20.5. The third kappa shape index (κ3) is 7.27. The van der Waals surface area contributed by atoms with Crippen LogP contribution in [0.25, 0.3) is 0 Å². The average Bonchev–Trinajstić information content (AvgIpc) is 2.87. The van der Waals surface area contributed by atoms with Gasteiger partial charge in [-0.3, -0.25) is 14.4 Å². The zero-order chi connectivity index (χ0) is 25.4. The highest BCUT2D eigenvalue weighted by Crippen LogP contribution is 2.24. The monoisotopic (exact) mass is 473 g/mol. The van der Waals surface area contributed by atoms with Gasteiger partial charge in [-0.2, -0.15) is 0 Å². The molecule has 0 heterocycles. The van der Waals surface area contributed by atoms with Crippen LogP contribution in [0.2, 0.25) is 0 Å². The van der Waals surface area contributed by atoms with Crippen molar-refractivity contribution < 1.29 is 23.9 Å². The number of ketones is 1. The maximum atomic E-state index is 13.0. The third-order valence-corrected chi connectivity index (χ3v) is 5.67. The number of amides is 1. The van der Waals surface area contributed by atoms with Crippen LogP contribution in [0.4, 0.5) is 0 Å². The van der Waals surface area contributed by atoms with Gasteiger partial charge in [-0.15, -0.1) is 0 Å². The van der Waals surface area contributed by atoms with E-state index in [1.54, 1.807) is 67.8 Å². The normalized spacial score (nSPS) is 11.9. The molecule has 6 nitrogen and oxygen atoms in total. The molecular weight excluding hydrogens is 442 g/mol. The van der Waals surface area contributed by atoms with E-state index in [4.69, 9.17) is 9.47 Å². The lowest BCUT2D eigenvalue weighted by Crippen LogP contribution is -2.31. The van der Waals surface area contributed by atoms with Crippen molar-refractivity contribution in [2.45, 2.75) is 38.6 Å². The van der Waals surface area contributed by atoms with Gasteiger partial charge in [0.05, 0.1) is 19.6 Å². The summed E-state index contributed by atoms with van der Waals surface area (Å²) in [6.07, 6.45) is -0.125. The fourth-order valence-electron chi connectivity index (χ4n) is 3.53. The Bertz CT molecular complexity index is 1150. The van der Waals surface area contributed by atoms with Crippen LogP contribution in [0.5, 0.6) is 5.75 Å². The van der Waals surface area contributed by atoms with E-state index in [9.17, 15) is 14.4 Å². The van der Waals surface area contributed by atoms with Crippen LogP contribution in [-0.4, -0.2) is 31.4 Å². The molecule has 6 heteroatoms. The van der Waals surface area contributed by atoms with Crippen LogP contribution in [0.3, 0.4) is 0 Å². The summed E-state index contributed by atoms with van der Waals surface area (Å²) >= 11 is 0. The Morgan fingerprint density at radius 2 is 1.46 bits per heavy atom. The molecule has 3 aromatic rings. The lowest BCUT2D eigenvalue weighted by atomic mass is 9.86. The molecule has 0 aliphatic rings. The van der Waals surface area contributed by atoms with Gasteiger partial charge in [0.1, 0.15) is 5.75 Å². The summed E-state index contributed by atoms with van der Waals surface area (Å²) in [4.78, 5) is 37.9. The first-order valence-electron chi connectivity index (χ1n) is 11.5. The molecule has 3 aromatic carbocycles. The maximum absolute atomic E-state index is 13.0. The van der Waals surface area contributed by atoms with Crippen molar-refractivity contribution in [2.75, 3.05) is 13.7 Å². The Morgan fingerprint density at radius 3 is 2.03 bits per heavy atom. The first-order valence-corrected chi connectivity index (χ1v) is 11.5. The molecule has 0 saturated carbocycles. The number of hydrogen-bond donors (Lipinski definition) is 1. The van der Waals surface area contributed by atoms with Crippen LogP contribution >= 0.6 is 0 Å². The van der Waals surface area contributed by atoms with E-state index in [1.807, 2.05) is 18.2 Å². The Kier molecular flexibility index (Phi) is 8.42. The van der Waals surface area contributed by atoms with Gasteiger partial charge in [-0.05, 0) is 40.8 Å². The minimum atomic E-state index is -0.643. The van der Waals surface area contributed by atoms with Gasteiger partial charge in [-0.1, -0.05) is 75.4 Å². The molecule has 0 radical (unpaired) electrons. The molecule has 1 amide bonds. The second kappa shape index (κ2) is 11.5. The van der Waals surface area contributed by atoms with Gasteiger partial charge in [0.25, 0.3) is 5.91 Å². The van der Waals surface area contributed by atoms with Crippen molar-refractivity contribution >= 4 is 17.7 Å². The van der Waals surface area contributed by atoms with E-state index in [0.717, 1.165) is 11.1 Å². The molecule has 0 aromatic heterocycles. The summed E-state index contributed by atoms with van der Waals surface area (Å²) in [7, 11) is 1.57. The first-order chi connectivity index (χ1) is 16.7. The van der Waals surface area contributed by atoms with Crippen LogP contribution in [-0.2, 0) is 14.9 Å². The average molecular weight is 474 g/mol. The van der Waals surface area contributed by atoms with Gasteiger partial charge in [-0.25, -0.2) is 0 Å². The first kappa shape index (κ1) is 25.7. The molecule has 35 heavy (non-hydrogen) atoms. The van der Waals surface area contributed by atoms with E-state index in [-0.39, 0.29) is 30.1 Å². The number of carbonyl (C=O) groups is 3. The quantitative estimate of drug-likeness (QED) is 0.338. The zero-order valence-electron chi connectivity index (χ0n) is 20.5. The largest absolute Gasteiger partial charge is 0.497 e. The SMILES string of the molecule is COc1ccc([C@H](CC(=O)OCC(=O)c2ccccc2)NC(=O)c2ccc(C(C)(C)C)cc2)cc1. The van der Waals surface area contributed by atoms with E-state index < -0.39 is 12.0 Å². The standard InChI is InChI=1S/C29H31NO5/c1-29(2,3)23-14-10-22(11-15-23)28(33)30-25(20-12-16-24(34-4)17-13-20)18-27(32)35-19-26(31)21-8-6-5-7-9-21/h5-17,25H,18-19H2,1-4H3,(H,30,33)/t25-/m0/s1. The van der Waals surface area contributed by atoms with Crippen LogP contribution in [0, 0.1) is 0 Å². The van der Waals surface area contributed by atoms with Gasteiger partial charge >= 0.3 is 5.97 Å². The number of nitrogens with one attached hydrogen (secondary N) is 1. The third-order valence-electron chi connectivity index (χ3n) is 5.67. The van der Waals surface area contributed by atoms with E-state index in [1.165, 1.54) is 0 Å². The Hall–Kier alpha value is -3.93. The minimum absolute atomic E-state index is 0.0262. The molecule has 182 valence electrons. The lowest BCUT2D eigenvalue weighted by molar-refractivity contribution is -0.143. The Balaban J connectivity index is 1.71. The molecule has 0 bridgehead atoms. The van der Waals surface area contributed by atoms with Gasteiger partial charge in [0.15, 0.2) is 12.4 Å². The summed E-state index contributed by atoms with van der Waals surface area (Å²) in [6, 6.07) is 22.5. The number of carbonyl (C=O) groups excluding carboxylic acids is 3. The van der Waals surface area contributed by atoms with Crippen molar-refractivity contribution in [2.24, 2.45) is 0 Å². The number of Topliss-reactive ketones (excluding diaryl/α,β-unsaturated/α-hetero) is 1. The van der Waals surface area contributed by atoms with Gasteiger partial charge < -0.3 is 14.8 Å². The fourth-order valence-corrected chi connectivity index (χ4v) is 3.53. The summed E-state index contributed by atoms with van der Waals surface area (Å²) < 4.78 is 10.4. The van der Waals surface area contributed by atoms with Crippen molar-refractivity contribution in [3.63, 3.8) is 0 Å². The number of hydrogen-bond acceptors (Lipinski definition) is 5. The Morgan fingerprint density at radius 1 is 0.829 bits per heavy atom. The van der Waals surface area contributed by atoms with Crippen molar-refractivity contribution in [1.82, 2.24) is 5.32 Å². The molecule has 1 N–H and O–H groups in total. The minimum Gasteiger partial charge on any atom is -0.497 e. The van der Waals surface area contributed by atoms with Crippen molar-refractivity contribution in [1.29, 1.82) is 0 Å². The molecule has 3 rings (SSSR count). The summed E-state index contributed by atoms with van der Waals surface area (Å²) in [6.45, 7) is 5.96. The highest BCUT2D eigenvalue weighted by molar-refractivity contribution is 5.98. The van der Waals surface area contributed by atoms with Crippen molar-refractivity contribution in [3.8, 4) is 5.75 Å². The lowest BCUT2D eigenvalue weighted by Gasteiger charge is -2.21. The van der Waals surface area contributed by atoms with Crippen LogP contribution < -0.4 is 10.1 Å². The topological polar surface area (TPSA) is 81.7 Å². The Labute approximate surface area is 206 Å².